The minimum Gasteiger partial charge on any atom is -0.497 e. The van der Waals surface area contributed by atoms with Crippen molar-refractivity contribution in [2.75, 3.05) is 37.5 Å². The van der Waals surface area contributed by atoms with Crippen LogP contribution in [0.4, 0.5) is 25.0 Å². The lowest BCUT2D eigenvalue weighted by Gasteiger charge is -2.37. The number of carbonyl (C=O) groups excluding carboxylic acids is 3. The molecule has 1 unspecified atom stereocenters. The highest BCUT2D eigenvalue weighted by Gasteiger charge is 2.43. The average molecular weight is 577 g/mol. The van der Waals surface area contributed by atoms with Crippen LogP contribution in [-0.4, -0.2) is 55.0 Å². The number of aromatic nitrogens is 1. The highest BCUT2D eigenvalue weighted by atomic mass is 19.1. The molecule has 216 valence electrons. The van der Waals surface area contributed by atoms with Crippen LogP contribution in [0.25, 0.3) is 10.9 Å². The van der Waals surface area contributed by atoms with E-state index in [1.54, 1.807) is 25.1 Å². The topological polar surface area (TPSA) is 110 Å². The van der Waals surface area contributed by atoms with E-state index in [-0.39, 0.29) is 36.0 Å². The van der Waals surface area contributed by atoms with E-state index in [9.17, 15) is 18.8 Å². The lowest BCUT2D eigenvalue weighted by atomic mass is 10.0. The van der Waals surface area contributed by atoms with Crippen molar-refractivity contribution in [1.82, 2.24) is 9.88 Å². The summed E-state index contributed by atoms with van der Waals surface area (Å²) in [6, 6.07) is 12.9. The SMILES string of the molecule is CCN1CC(C(=O)Nc2ccc(Oc3ccnc4cc(OC)cc(OC)c34)c(F)c2)C(=O)N(c2ccc(F)cc2)C1=O. The largest absolute Gasteiger partial charge is 0.497 e. The molecule has 1 fully saturated rings. The number of pyridine rings is 1. The number of methoxy groups -OCH3 is 2. The fraction of sp³-hybridized carbons (Fsp3) is 0.200. The van der Waals surface area contributed by atoms with Gasteiger partial charge in [-0.25, -0.2) is 18.5 Å². The third-order valence-corrected chi connectivity index (χ3v) is 6.78. The number of ether oxygens (including phenoxy) is 3. The van der Waals surface area contributed by atoms with Gasteiger partial charge in [0, 0.05) is 43.2 Å². The van der Waals surface area contributed by atoms with Crippen LogP contribution in [0.5, 0.6) is 23.0 Å². The molecule has 12 heteroatoms. The predicted octanol–water partition coefficient (Wildman–Crippen LogP) is 5.37. The fourth-order valence-electron chi connectivity index (χ4n) is 4.62. The Hall–Kier alpha value is -5.26. The smallest absolute Gasteiger partial charge is 0.331 e. The molecule has 2 heterocycles. The van der Waals surface area contributed by atoms with Crippen LogP contribution in [0.15, 0.2) is 66.9 Å². The lowest BCUT2D eigenvalue weighted by Crippen LogP contribution is -2.59. The van der Waals surface area contributed by atoms with E-state index in [4.69, 9.17) is 14.2 Å². The van der Waals surface area contributed by atoms with Crippen molar-refractivity contribution in [3.05, 3.63) is 78.5 Å². The van der Waals surface area contributed by atoms with Gasteiger partial charge in [-0.2, -0.15) is 0 Å². The molecule has 42 heavy (non-hydrogen) atoms. The second-order valence-corrected chi connectivity index (χ2v) is 9.29. The number of carbonyl (C=O) groups is 3. The molecule has 1 N–H and O–H groups in total. The monoisotopic (exact) mass is 576 g/mol. The number of nitrogens with zero attached hydrogens (tertiary/aromatic N) is 3. The third kappa shape index (κ3) is 5.38. The van der Waals surface area contributed by atoms with E-state index in [2.05, 4.69) is 10.3 Å². The van der Waals surface area contributed by atoms with Gasteiger partial charge in [0.2, 0.25) is 11.8 Å². The summed E-state index contributed by atoms with van der Waals surface area (Å²) in [5.74, 6) is -3.00. The zero-order valence-electron chi connectivity index (χ0n) is 22.9. The number of fused-ring (bicyclic) bond motifs is 1. The van der Waals surface area contributed by atoms with Crippen molar-refractivity contribution in [3.63, 3.8) is 0 Å². The first-order chi connectivity index (χ1) is 20.2. The molecule has 0 aliphatic carbocycles. The van der Waals surface area contributed by atoms with E-state index in [1.807, 2.05) is 0 Å². The summed E-state index contributed by atoms with van der Waals surface area (Å²) in [6.45, 7) is 1.77. The Balaban J connectivity index is 1.36. The Bertz CT molecular complexity index is 1680. The number of amides is 4. The fourth-order valence-corrected chi connectivity index (χ4v) is 4.62. The summed E-state index contributed by atoms with van der Waals surface area (Å²) in [5.41, 5.74) is 0.723. The molecule has 1 aromatic heterocycles. The van der Waals surface area contributed by atoms with E-state index in [0.717, 1.165) is 23.1 Å². The summed E-state index contributed by atoms with van der Waals surface area (Å²) in [6.07, 6.45) is 1.50. The second-order valence-electron chi connectivity index (χ2n) is 9.29. The van der Waals surface area contributed by atoms with Gasteiger partial charge in [0.05, 0.1) is 30.8 Å². The Morgan fingerprint density at radius 3 is 2.40 bits per heavy atom. The van der Waals surface area contributed by atoms with Gasteiger partial charge in [-0.3, -0.25) is 14.6 Å². The highest BCUT2D eigenvalue weighted by Crippen LogP contribution is 2.39. The van der Waals surface area contributed by atoms with Crippen LogP contribution in [0, 0.1) is 17.6 Å². The van der Waals surface area contributed by atoms with Crippen molar-refractivity contribution < 1.29 is 37.4 Å². The van der Waals surface area contributed by atoms with Gasteiger partial charge in [0.15, 0.2) is 11.6 Å². The molecule has 4 aromatic rings. The van der Waals surface area contributed by atoms with E-state index < -0.39 is 35.4 Å². The maximum absolute atomic E-state index is 15.2. The molecule has 10 nitrogen and oxygen atoms in total. The van der Waals surface area contributed by atoms with Crippen LogP contribution in [-0.2, 0) is 9.59 Å². The van der Waals surface area contributed by atoms with Crippen molar-refractivity contribution in [2.24, 2.45) is 5.92 Å². The number of benzene rings is 3. The molecule has 0 spiro atoms. The molecule has 5 rings (SSSR count). The number of hydrogen-bond donors (Lipinski definition) is 1. The van der Waals surface area contributed by atoms with Crippen LogP contribution < -0.4 is 24.4 Å². The molecule has 0 bridgehead atoms. The van der Waals surface area contributed by atoms with Gasteiger partial charge >= 0.3 is 6.03 Å². The highest BCUT2D eigenvalue weighted by molar-refractivity contribution is 6.23. The molecule has 1 atom stereocenters. The molecule has 0 radical (unpaired) electrons. The number of imide groups is 1. The zero-order valence-corrected chi connectivity index (χ0v) is 22.9. The van der Waals surface area contributed by atoms with Crippen molar-refractivity contribution in [2.45, 2.75) is 6.92 Å². The van der Waals surface area contributed by atoms with Crippen LogP contribution in [0.2, 0.25) is 0 Å². The van der Waals surface area contributed by atoms with Gasteiger partial charge in [0.25, 0.3) is 0 Å². The van der Waals surface area contributed by atoms with Gasteiger partial charge < -0.3 is 24.4 Å². The Kier molecular flexibility index (Phi) is 7.87. The summed E-state index contributed by atoms with van der Waals surface area (Å²) >= 11 is 0. The molecular weight excluding hydrogens is 550 g/mol. The van der Waals surface area contributed by atoms with Crippen molar-refractivity contribution in [3.8, 4) is 23.0 Å². The molecular formula is C30H26F2N4O6. The van der Waals surface area contributed by atoms with Crippen LogP contribution in [0.1, 0.15) is 6.92 Å². The van der Waals surface area contributed by atoms with E-state index in [1.165, 1.54) is 49.6 Å². The minimum absolute atomic E-state index is 0.0767. The molecule has 1 aliphatic rings. The van der Waals surface area contributed by atoms with E-state index in [0.29, 0.717) is 22.4 Å². The number of urea groups is 1. The molecule has 1 aliphatic heterocycles. The number of rotatable bonds is 8. The third-order valence-electron chi connectivity index (χ3n) is 6.78. The Morgan fingerprint density at radius 1 is 0.976 bits per heavy atom. The molecule has 1 saturated heterocycles. The summed E-state index contributed by atoms with van der Waals surface area (Å²) in [4.78, 5) is 45.8. The number of halogens is 2. The Morgan fingerprint density at radius 2 is 1.74 bits per heavy atom. The zero-order chi connectivity index (χ0) is 30.0. The molecule has 4 amide bonds. The first kappa shape index (κ1) is 28.3. The number of hydrogen-bond acceptors (Lipinski definition) is 7. The normalized spacial score (nSPS) is 15.1. The van der Waals surface area contributed by atoms with Gasteiger partial charge in [0.1, 0.15) is 29.0 Å². The number of nitrogens with one attached hydrogen (secondary N) is 1. The van der Waals surface area contributed by atoms with Crippen LogP contribution >= 0.6 is 0 Å². The summed E-state index contributed by atoms with van der Waals surface area (Å²) in [7, 11) is 3.00. The quantitative estimate of drug-likeness (QED) is 0.281. The first-order valence-corrected chi connectivity index (χ1v) is 12.9. The average Bonchev–Trinajstić information content (AvgIpc) is 2.99. The second kappa shape index (κ2) is 11.7. The standard InChI is InChI=1S/C30H26F2N4O6/c1-4-35-16-21(29(38)36(30(35)39)19-8-5-17(31)6-9-19)28(37)34-18-7-10-24(22(32)13-18)42-25-11-12-33-23-14-20(40-2)15-26(41-3)27(23)25/h5-15,21H,4,16H2,1-3H3,(H,34,37). The van der Waals surface area contributed by atoms with Gasteiger partial charge in [-0.1, -0.05) is 0 Å². The van der Waals surface area contributed by atoms with E-state index >= 15 is 4.39 Å². The van der Waals surface area contributed by atoms with Crippen LogP contribution in [0.3, 0.4) is 0 Å². The maximum Gasteiger partial charge on any atom is 0.331 e. The van der Waals surface area contributed by atoms with Crippen molar-refractivity contribution in [1.29, 1.82) is 0 Å². The first-order valence-electron chi connectivity index (χ1n) is 12.9. The van der Waals surface area contributed by atoms with Crippen molar-refractivity contribution >= 4 is 40.1 Å². The maximum atomic E-state index is 15.2. The lowest BCUT2D eigenvalue weighted by molar-refractivity contribution is -0.132. The minimum atomic E-state index is -1.28. The predicted molar refractivity (Wildman–Crippen MR) is 150 cm³/mol. The molecule has 3 aromatic carbocycles. The number of anilines is 2. The Labute approximate surface area is 239 Å². The summed E-state index contributed by atoms with van der Waals surface area (Å²) < 4.78 is 45.2. The molecule has 0 saturated carbocycles. The van der Waals surface area contributed by atoms with Gasteiger partial charge in [-0.15, -0.1) is 0 Å². The summed E-state index contributed by atoms with van der Waals surface area (Å²) in [5, 5.41) is 3.06. The van der Waals surface area contributed by atoms with Gasteiger partial charge in [-0.05, 0) is 49.4 Å².